The van der Waals surface area contributed by atoms with Gasteiger partial charge in [-0.15, -0.1) is 0 Å². The second-order valence-corrected chi connectivity index (χ2v) is 9.23. The molecule has 0 spiro atoms. The standard InChI is InChI=1S/C21H22N4O5S/c1-15-2-7-19-18(12-15)21(27)24(14-22-19)13-20(26)23-16-3-5-17(6-4-16)31(28,29)25-8-10-30-11-9-25/h2-7,12,14H,8-11,13H2,1H3,(H,23,26). The number of ether oxygens (including phenoxy) is 1. The van der Waals surface area contributed by atoms with E-state index in [-0.39, 0.29) is 17.0 Å². The number of morpholine rings is 1. The van der Waals surface area contributed by atoms with E-state index in [1.54, 1.807) is 12.1 Å². The van der Waals surface area contributed by atoms with E-state index in [4.69, 9.17) is 4.74 Å². The smallest absolute Gasteiger partial charge is 0.261 e. The fraction of sp³-hybridized carbons (Fsp3) is 0.286. The molecular formula is C21H22N4O5S. The summed E-state index contributed by atoms with van der Waals surface area (Å²) in [6.07, 6.45) is 1.34. The van der Waals surface area contributed by atoms with Crippen LogP contribution in [0.2, 0.25) is 0 Å². The fourth-order valence-electron chi connectivity index (χ4n) is 3.39. The van der Waals surface area contributed by atoms with Crippen LogP contribution in [0.5, 0.6) is 0 Å². The second-order valence-electron chi connectivity index (χ2n) is 7.29. The van der Waals surface area contributed by atoms with Gasteiger partial charge in [-0.3, -0.25) is 14.2 Å². The van der Waals surface area contributed by atoms with E-state index in [1.807, 2.05) is 13.0 Å². The number of benzene rings is 2. The average Bonchev–Trinajstić information content (AvgIpc) is 2.77. The number of nitrogens with one attached hydrogen (secondary N) is 1. The summed E-state index contributed by atoms with van der Waals surface area (Å²) in [5, 5.41) is 3.13. The molecule has 4 rings (SSSR count). The maximum absolute atomic E-state index is 12.7. The molecule has 31 heavy (non-hydrogen) atoms. The van der Waals surface area contributed by atoms with Gasteiger partial charge in [-0.1, -0.05) is 11.6 Å². The van der Waals surface area contributed by atoms with Crippen LogP contribution < -0.4 is 10.9 Å². The SMILES string of the molecule is Cc1ccc2ncn(CC(=O)Nc3ccc(S(=O)(=O)N4CCOCC4)cc3)c(=O)c2c1. The van der Waals surface area contributed by atoms with Crippen molar-refractivity contribution in [3.05, 3.63) is 64.7 Å². The van der Waals surface area contributed by atoms with Crippen molar-refractivity contribution in [1.82, 2.24) is 13.9 Å². The monoisotopic (exact) mass is 442 g/mol. The molecule has 9 nitrogen and oxygen atoms in total. The number of aryl methyl sites for hydroxylation is 1. The molecule has 0 unspecified atom stereocenters. The van der Waals surface area contributed by atoms with Crippen LogP contribution in [0.4, 0.5) is 5.69 Å². The van der Waals surface area contributed by atoms with Crippen LogP contribution >= 0.6 is 0 Å². The minimum absolute atomic E-state index is 0.151. The van der Waals surface area contributed by atoms with Gasteiger partial charge < -0.3 is 10.1 Å². The van der Waals surface area contributed by atoms with Crippen molar-refractivity contribution >= 4 is 32.5 Å². The van der Waals surface area contributed by atoms with Crippen molar-refractivity contribution in [2.75, 3.05) is 31.6 Å². The predicted molar refractivity (Wildman–Crippen MR) is 115 cm³/mol. The molecule has 0 bridgehead atoms. The average molecular weight is 442 g/mol. The number of fused-ring (bicyclic) bond motifs is 1. The lowest BCUT2D eigenvalue weighted by atomic mass is 10.2. The molecule has 10 heteroatoms. The predicted octanol–water partition coefficient (Wildman–Crippen LogP) is 1.36. The molecule has 2 heterocycles. The fourth-order valence-corrected chi connectivity index (χ4v) is 4.79. The van der Waals surface area contributed by atoms with Gasteiger partial charge in [0, 0.05) is 18.8 Å². The van der Waals surface area contributed by atoms with E-state index in [0.717, 1.165) is 5.56 Å². The number of hydrogen-bond donors (Lipinski definition) is 1. The van der Waals surface area contributed by atoms with E-state index in [9.17, 15) is 18.0 Å². The Morgan fingerprint density at radius 1 is 1.13 bits per heavy atom. The van der Waals surface area contributed by atoms with Gasteiger partial charge in [0.1, 0.15) is 6.54 Å². The molecule has 0 atom stereocenters. The van der Waals surface area contributed by atoms with Crippen molar-refractivity contribution in [1.29, 1.82) is 0 Å². The van der Waals surface area contributed by atoms with Crippen LogP contribution in [0.1, 0.15) is 5.56 Å². The van der Waals surface area contributed by atoms with Gasteiger partial charge in [-0.2, -0.15) is 4.31 Å². The van der Waals surface area contributed by atoms with Crippen LogP contribution in [-0.2, 0) is 26.1 Å². The number of amides is 1. The quantitative estimate of drug-likeness (QED) is 0.639. The van der Waals surface area contributed by atoms with Gasteiger partial charge in [0.25, 0.3) is 5.56 Å². The molecule has 1 aromatic heterocycles. The van der Waals surface area contributed by atoms with Gasteiger partial charge in [-0.25, -0.2) is 13.4 Å². The Morgan fingerprint density at radius 2 is 1.84 bits per heavy atom. The Bertz CT molecular complexity index is 1280. The van der Waals surface area contributed by atoms with Crippen molar-refractivity contribution in [2.24, 2.45) is 0 Å². The molecule has 0 aliphatic carbocycles. The van der Waals surface area contributed by atoms with Gasteiger partial charge in [-0.05, 0) is 43.3 Å². The molecule has 1 saturated heterocycles. The summed E-state index contributed by atoms with van der Waals surface area (Å²) in [6, 6.07) is 11.3. The molecule has 3 aromatic rings. The molecule has 1 fully saturated rings. The van der Waals surface area contributed by atoms with E-state index < -0.39 is 15.9 Å². The lowest BCUT2D eigenvalue weighted by Crippen LogP contribution is -2.40. The zero-order valence-electron chi connectivity index (χ0n) is 16.9. The molecule has 0 saturated carbocycles. The molecular weight excluding hydrogens is 420 g/mol. The highest BCUT2D eigenvalue weighted by molar-refractivity contribution is 7.89. The summed E-state index contributed by atoms with van der Waals surface area (Å²) >= 11 is 0. The minimum atomic E-state index is -3.60. The number of carbonyl (C=O) groups is 1. The van der Waals surface area contributed by atoms with E-state index in [2.05, 4.69) is 10.3 Å². The first kappa shape index (κ1) is 21.2. The second kappa shape index (κ2) is 8.58. The van der Waals surface area contributed by atoms with Crippen LogP contribution in [0, 0.1) is 6.92 Å². The molecule has 1 amide bonds. The molecule has 162 valence electrons. The maximum atomic E-state index is 12.7. The van der Waals surface area contributed by atoms with Crippen LogP contribution in [0.15, 0.2) is 58.5 Å². The molecule has 1 aliphatic heterocycles. The number of sulfonamides is 1. The Labute approximate surface area is 179 Å². The van der Waals surface area contributed by atoms with E-state index >= 15 is 0 Å². The summed E-state index contributed by atoms with van der Waals surface area (Å²) in [6.45, 7) is 3.05. The zero-order chi connectivity index (χ0) is 22.0. The number of carbonyl (C=O) groups excluding carboxylic acids is 1. The zero-order valence-corrected chi connectivity index (χ0v) is 17.8. The number of hydrogen-bond acceptors (Lipinski definition) is 6. The third-order valence-corrected chi connectivity index (χ3v) is 6.95. The summed E-state index contributed by atoms with van der Waals surface area (Å²) in [7, 11) is -3.60. The summed E-state index contributed by atoms with van der Waals surface area (Å²) < 4.78 is 33.2. The number of aromatic nitrogens is 2. The van der Waals surface area contributed by atoms with E-state index in [1.165, 1.54) is 39.5 Å². The van der Waals surface area contributed by atoms with Gasteiger partial charge >= 0.3 is 0 Å². The number of nitrogens with zero attached hydrogens (tertiary/aromatic N) is 3. The third-order valence-electron chi connectivity index (χ3n) is 5.04. The third kappa shape index (κ3) is 4.50. The normalized spacial score (nSPS) is 15.1. The maximum Gasteiger partial charge on any atom is 0.261 e. The minimum Gasteiger partial charge on any atom is -0.379 e. The summed E-state index contributed by atoms with van der Waals surface area (Å²) in [5.41, 5.74) is 1.64. The van der Waals surface area contributed by atoms with Gasteiger partial charge in [0.15, 0.2) is 0 Å². The largest absolute Gasteiger partial charge is 0.379 e. The Hall–Kier alpha value is -3.08. The number of anilines is 1. The Morgan fingerprint density at radius 3 is 2.55 bits per heavy atom. The highest BCUT2D eigenvalue weighted by atomic mass is 32.2. The topological polar surface area (TPSA) is 111 Å². The van der Waals surface area contributed by atoms with E-state index in [0.29, 0.717) is 42.9 Å². The summed E-state index contributed by atoms with van der Waals surface area (Å²) in [5.74, 6) is -0.417. The Kier molecular flexibility index (Phi) is 5.86. The Balaban J connectivity index is 1.46. The van der Waals surface area contributed by atoms with Crippen molar-refractivity contribution in [3.8, 4) is 0 Å². The first-order chi connectivity index (χ1) is 14.8. The van der Waals surface area contributed by atoms with Crippen molar-refractivity contribution < 1.29 is 17.9 Å². The first-order valence-electron chi connectivity index (χ1n) is 9.78. The highest BCUT2D eigenvalue weighted by Crippen LogP contribution is 2.19. The molecule has 1 aliphatic rings. The first-order valence-corrected chi connectivity index (χ1v) is 11.2. The van der Waals surface area contributed by atoms with Gasteiger partial charge in [0.05, 0.1) is 35.3 Å². The lowest BCUT2D eigenvalue weighted by molar-refractivity contribution is -0.116. The highest BCUT2D eigenvalue weighted by Gasteiger charge is 2.26. The lowest BCUT2D eigenvalue weighted by Gasteiger charge is -2.26. The van der Waals surface area contributed by atoms with Crippen LogP contribution in [-0.4, -0.2) is 54.5 Å². The summed E-state index contributed by atoms with van der Waals surface area (Å²) in [4.78, 5) is 29.4. The number of rotatable bonds is 5. The van der Waals surface area contributed by atoms with Gasteiger partial charge in [0.2, 0.25) is 15.9 Å². The van der Waals surface area contributed by atoms with Crippen molar-refractivity contribution in [2.45, 2.75) is 18.4 Å². The van der Waals surface area contributed by atoms with Crippen LogP contribution in [0.3, 0.4) is 0 Å². The van der Waals surface area contributed by atoms with Crippen LogP contribution in [0.25, 0.3) is 10.9 Å². The molecule has 0 radical (unpaired) electrons. The molecule has 1 N–H and O–H groups in total. The molecule has 2 aromatic carbocycles. The van der Waals surface area contributed by atoms with Crippen molar-refractivity contribution in [3.63, 3.8) is 0 Å².